The van der Waals surface area contributed by atoms with Crippen LogP contribution in [0.25, 0.3) is 5.82 Å². The second-order valence-corrected chi connectivity index (χ2v) is 5.58. The number of halogens is 4. The van der Waals surface area contributed by atoms with Crippen molar-refractivity contribution in [2.24, 2.45) is 7.05 Å². The Kier molecular flexibility index (Phi) is 4.54. The molecule has 0 bridgehead atoms. The average Bonchev–Trinajstić information content (AvgIpc) is 3.21. The number of alkyl halides is 3. The molecular weight excluding hydrogens is 352 g/mol. The topological polar surface area (TPSA) is 51.9 Å². The molecule has 2 aromatic heterocycles. The molecule has 0 saturated carbocycles. The van der Waals surface area contributed by atoms with Crippen LogP contribution in [-0.4, -0.2) is 20.3 Å². The predicted octanol–water partition coefficient (Wildman–Crippen LogP) is 3.30. The summed E-state index contributed by atoms with van der Waals surface area (Å²) in [6.45, 7) is -0.395. The van der Waals surface area contributed by atoms with Gasteiger partial charge in [0.25, 0.3) is 5.91 Å². The largest absolute Gasteiger partial charge is 0.416 e. The van der Waals surface area contributed by atoms with Crippen LogP contribution in [0.4, 0.5) is 17.6 Å². The molecule has 9 heteroatoms. The van der Waals surface area contributed by atoms with Crippen LogP contribution in [0.1, 0.15) is 21.5 Å². The van der Waals surface area contributed by atoms with Gasteiger partial charge in [-0.05, 0) is 29.8 Å². The van der Waals surface area contributed by atoms with Crippen molar-refractivity contribution in [3.05, 3.63) is 71.4 Å². The Labute approximate surface area is 145 Å². The summed E-state index contributed by atoms with van der Waals surface area (Å²) >= 11 is 0. The zero-order valence-corrected chi connectivity index (χ0v) is 13.6. The second-order valence-electron chi connectivity index (χ2n) is 5.58. The van der Waals surface area contributed by atoms with E-state index in [1.165, 1.54) is 10.9 Å². The van der Waals surface area contributed by atoms with Gasteiger partial charge in [0.1, 0.15) is 17.2 Å². The van der Waals surface area contributed by atoms with E-state index in [0.717, 1.165) is 12.1 Å². The number of aryl methyl sites for hydroxylation is 1. The fourth-order valence-electron chi connectivity index (χ4n) is 2.61. The van der Waals surface area contributed by atoms with Crippen LogP contribution >= 0.6 is 0 Å². The highest BCUT2D eigenvalue weighted by molar-refractivity contribution is 5.97. The highest BCUT2D eigenvalue weighted by Gasteiger charge is 2.33. The van der Waals surface area contributed by atoms with Crippen molar-refractivity contribution < 1.29 is 22.4 Å². The summed E-state index contributed by atoms with van der Waals surface area (Å²) in [7, 11) is 1.65. The van der Waals surface area contributed by atoms with Crippen LogP contribution in [0.5, 0.6) is 0 Å². The molecule has 0 aliphatic carbocycles. The Morgan fingerprint density at radius 3 is 2.58 bits per heavy atom. The van der Waals surface area contributed by atoms with Gasteiger partial charge in [-0.2, -0.15) is 18.3 Å². The van der Waals surface area contributed by atoms with Crippen LogP contribution in [0.3, 0.4) is 0 Å². The Balaban J connectivity index is 1.84. The number of carbonyl (C=O) groups is 1. The molecule has 2 heterocycles. The van der Waals surface area contributed by atoms with E-state index in [1.54, 1.807) is 36.1 Å². The highest BCUT2D eigenvalue weighted by Crippen LogP contribution is 2.32. The van der Waals surface area contributed by atoms with Crippen molar-refractivity contribution in [1.82, 2.24) is 19.7 Å². The van der Waals surface area contributed by atoms with Crippen molar-refractivity contribution in [3.63, 3.8) is 0 Å². The molecule has 1 aromatic carbocycles. The highest BCUT2D eigenvalue weighted by atomic mass is 19.4. The predicted molar refractivity (Wildman–Crippen MR) is 85.1 cm³/mol. The first-order chi connectivity index (χ1) is 12.3. The maximum atomic E-state index is 13.2. The molecule has 5 nitrogen and oxygen atoms in total. The van der Waals surface area contributed by atoms with Crippen molar-refractivity contribution in [2.75, 3.05) is 0 Å². The lowest BCUT2D eigenvalue weighted by atomic mass is 10.1. The monoisotopic (exact) mass is 366 g/mol. The molecule has 0 radical (unpaired) electrons. The Bertz CT molecular complexity index is 929. The van der Waals surface area contributed by atoms with E-state index in [0.29, 0.717) is 11.9 Å². The minimum absolute atomic E-state index is 0.208. The number of carbonyl (C=O) groups excluding carboxylic acids is 1. The lowest BCUT2D eigenvalue weighted by Gasteiger charge is -2.14. The van der Waals surface area contributed by atoms with Gasteiger partial charge in [0.15, 0.2) is 0 Å². The minimum atomic E-state index is -4.72. The zero-order valence-electron chi connectivity index (χ0n) is 13.6. The van der Waals surface area contributed by atoms with Gasteiger partial charge in [-0.1, -0.05) is 6.07 Å². The molecule has 0 aliphatic rings. The molecule has 3 aromatic rings. The minimum Gasteiger partial charge on any atom is -0.348 e. The summed E-state index contributed by atoms with van der Waals surface area (Å²) in [4.78, 5) is 12.4. The van der Waals surface area contributed by atoms with Gasteiger partial charge >= 0.3 is 6.18 Å². The van der Waals surface area contributed by atoms with E-state index in [2.05, 4.69) is 10.4 Å². The van der Waals surface area contributed by atoms with E-state index >= 15 is 0 Å². The van der Waals surface area contributed by atoms with Crippen molar-refractivity contribution >= 4 is 5.91 Å². The van der Waals surface area contributed by atoms with Crippen molar-refractivity contribution in [3.8, 4) is 5.82 Å². The standard InChI is InChI=1S/C17H14F4N4O/c1-24-16(25-6-2-3-7-25)13(10-23-24)15(26)22-9-11-4-5-12(18)8-14(11)17(19,20)21/h2-8,10H,9H2,1H3,(H,22,26). The van der Waals surface area contributed by atoms with Gasteiger partial charge in [-0.25, -0.2) is 4.39 Å². The smallest absolute Gasteiger partial charge is 0.348 e. The summed E-state index contributed by atoms with van der Waals surface area (Å²) in [5.74, 6) is -1.10. The van der Waals surface area contributed by atoms with E-state index in [1.807, 2.05) is 0 Å². The molecule has 136 valence electrons. The van der Waals surface area contributed by atoms with Crippen LogP contribution in [0, 0.1) is 5.82 Å². The molecule has 3 rings (SSSR count). The lowest BCUT2D eigenvalue weighted by molar-refractivity contribution is -0.138. The third kappa shape index (κ3) is 3.46. The summed E-state index contributed by atoms with van der Waals surface area (Å²) in [5.41, 5.74) is -1.13. The Morgan fingerprint density at radius 2 is 1.92 bits per heavy atom. The number of hydrogen-bond acceptors (Lipinski definition) is 2. The average molecular weight is 366 g/mol. The third-order valence-electron chi connectivity index (χ3n) is 3.82. The normalized spacial score (nSPS) is 11.6. The number of amides is 1. The van der Waals surface area contributed by atoms with Gasteiger partial charge in [0.2, 0.25) is 0 Å². The van der Waals surface area contributed by atoms with E-state index in [4.69, 9.17) is 0 Å². The van der Waals surface area contributed by atoms with E-state index < -0.39 is 30.0 Å². The summed E-state index contributed by atoms with van der Waals surface area (Å²) in [5, 5.41) is 6.46. The molecule has 0 saturated heterocycles. The van der Waals surface area contributed by atoms with Crippen LogP contribution in [0.15, 0.2) is 48.9 Å². The summed E-state index contributed by atoms with van der Waals surface area (Å²) in [6.07, 6.45) is 0.0534. The number of rotatable bonds is 4. The number of hydrogen-bond donors (Lipinski definition) is 1. The fraction of sp³-hybridized carbons (Fsp3) is 0.176. The number of benzene rings is 1. The quantitative estimate of drug-likeness (QED) is 0.721. The number of nitrogens with one attached hydrogen (secondary N) is 1. The number of nitrogens with zero attached hydrogens (tertiary/aromatic N) is 3. The van der Waals surface area contributed by atoms with Crippen molar-refractivity contribution in [2.45, 2.75) is 12.7 Å². The van der Waals surface area contributed by atoms with Gasteiger partial charge < -0.3 is 9.88 Å². The Morgan fingerprint density at radius 1 is 1.23 bits per heavy atom. The number of aromatic nitrogens is 3. The van der Waals surface area contributed by atoms with E-state index in [-0.39, 0.29) is 11.1 Å². The van der Waals surface area contributed by atoms with Gasteiger partial charge in [0, 0.05) is 26.0 Å². The lowest BCUT2D eigenvalue weighted by Crippen LogP contribution is -2.25. The molecule has 26 heavy (non-hydrogen) atoms. The summed E-state index contributed by atoms with van der Waals surface area (Å²) in [6, 6.07) is 5.88. The first-order valence-electron chi connectivity index (χ1n) is 7.56. The SMILES string of the molecule is Cn1ncc(C(=O)NCc2ccc(F)cc2C(F)(F)F)c1-n1cccc1. The molecule has 0 aliphatic heterocycles. The molecule has 0 unspecified atom stereocenters. The molecule has 1 N–H and O–H groups in total. The molecule has 1 amide bonds. The third-order valence-corrected chi connectivity index (χ3v) is 3.82. The van der Waals surface area contributed by atoms with Gasteiger partial charge in [-0.3, -0.25) is 9.48 Å². The first-order valence-corrected chi connectivity index (χ1v) is 7.56. The van der Waals surface area contributed by atoms with Crippen molar-refractivity contribution in [1.29, 1.82) is 0 Å². The maximum Gasteiger partial charge on any atom is 0.416 e. The van der Waals surface area contributed by atoms with Gasteiger partial charge in [0.05, 0.1) is 11.8 Å². The van der Waals surface area contributed by atoms with Gasteiger partial charge in [-0.15, -0.1) is 0 Å². The fourth-order valence-corrected chi connectivity index (χ4v) is 2.61. The Hall–Kier alpha value is -3.10. The molecule has 0 atom stereocenters. The molecule has 0 fully saturated rings. The van der Waals surface area contributed by atoms with Crippen LogP contribution in [0.2, 0.25) is 0 Å². The first kappa shape index (κ1) is 17.7. The molecule has 0 spiro atoms. The maximum absolute atomic E-state index is 13.2. The van der Waals surface area contributed by atoms with E-state index in [9.17, 15) is 22.4 Å². The second kappa shape index (κ2) is 6.66. The zero-order chi connectivity index (χ0) is 18.9. The van der Waals surface area contributed by atoms with Crippen LogP contribution < -0.4 is 5.32 Å². The summed E-state index contributed by atoms with van der Waals surface area (Å²) < 4.78 is 55.4. The molecular formula is C17H14F4N4O. The van der Waals surface area contributed by atoms with Crippen LogP contribution in [-0.2, 0) is 19.8 Å².